The molecule has 4 nitrogen and oxygen atoms in total. The van der Waals surface area contributed by atoms with Crippen molar-refractivity contribution in [2.75, 3.05) is 46.7 Å². The van der Waals surface area contributed by atoms with Gasteiger partial charge in [-0.2, -0.15) is 0 Å². The molecule has 0 heterocycles. The van der Waals surface area contributed by atoms with E-state index in [1.807, 2.05) is 18.2 Å². The van der Waals surface area contributed by atoms with Gasteiger partial charge in [0.25, 0.3) is 0 Å². The van der Waals surface area contributed by atoms with Crippen molar-refractivity contribution in [3.63, 3.8) is 0 Å². The summed E-state index contributed by atoms with van der Waals surface area (Å²) in [5.74, 6) is 0. The zero-order chi connectivity index (χ0) is 14.6. The Morgan fingerprint density at radius 2 is 1.80 bits per heavy atom. The van der Waals surface area contributed by atoms with Gasteiger partial charge in [0.1, 0.15) is 0 Å². The van der Waals surface area contributed by atoms with Crippen molar-refractivity contribution in [2.45, 2.75) is 13.0 Å². The molecule has 1 rings (SSSR count). The summed E-state index contributed by atoms with van der Waals surface area (Å²) >= 11 is 5.97. The summed E-state index contributed by atoms with van der Waals surface area (Å²) in [6.45, 7) is 6.02. The molecule has 0 amide bonds. The fraction of sp³-hybridized carbons (Fsp3) is 0.600. The van der Waals surface area contributed by atoms with Gasteiger partial charge in [-0.1, -0.05) is 23.7 Å². The van der Waals surface area contributed by atoms with Crippen molar-refractivity contribution in [2.24, 2.45) is 0 Å². The van der Waals surface area contributed by atoms with Crippen LogP contribution in [0.25, 0.3) is 0 Å². The minimum absolute atomic E-state index is 0.259. The smallest absolute Gasteiger partial charge is 0.0701 e. The number of nitrogens with one attached hydrogen (secondary N) is 1. The highest BCUT2D eigenvalue weighted by Gasteiger charge is 2.04. The van der Waals surface area contributed by atoms with E-state index in [1.165, 1.54) is 5.56 Å². The van der Waals surface area contributed by atoms with E-state index in [0.717, 1.165) is 11.6 Å². The molecule has 0 aliphatic heterocycles. The molecule has 0 fully saturated rings. The van der Waals surface area contributed by atoms with Crippen molar-refractivity contribution in [3.8, 4) is 0 Å². The van der Waals surface area contributed by atoms with Crippen LogP contribution in [0.5, 0.6) is 0 Å². The van der Waals surface area contributed by atoms with Crippen molar-refractivity contribution in [1.29, 1.82) is 0 Å². The third kappa shape index (κ3) is 7.82. The zero-order valence-corrected chi connectivity index (χ0v) is 13.0. The standard InChI is InChI=1S/C15H24ClNO3/c1-13(14-4-3-5-15(16)12-14)17-6-7-19-10-11-20-9-8-18-2/h3-5,12-13,17H,6-11H2,1-2H3/t13-/m1/s1. The zero-order valence-electron chi connectivity index (χ0n) is 12.2. The molecule has 5 heteroatoms. The second kappa shape index (κ2) is 11.1. The molecule has 1 aromatic rings. The molecule has 20 heavy (non-hydrogen) atoms. The van der Waals surface area contributed by atoms with Gasteiger partial charge in [0, 0.05) is 24.7 Å². The average Bonchev–Trinajstić information content (AvgIpc) is 2.45. The molecule has 0 aromatic heterocycles. The molecule has 0 unspecified atom stereocenters. The molecule has 0 saturated carbocycles. The third-order valence-corrected chi connectivity index (χ3v) is 3.08. The molecule has 0 aliphatic carbocycles. The second-order valence-electron chi connectivity index (χ2n) is 4.45. The monoisotopic (exact) mass is 301 g/mol. The molecule has 1 aromatic carbocycles. The van der Waals surface area contributed by atoms with E-state index in [2.05, 4.69) is 18.3 Å². The van der Waals surface area contributed by atoms with Crippen LogP contribution in [0, 0.1) is 0 Å². The Balaban J connectivity index is 2.01. The summed E-state index contributed by atoms with van der Waals surface area (Å²) in [4.78, 5) is 0. The Morgan fingerprint density at radius 1 is 1.10 bits per heavy atom. The summed E-state index contributed by atoms with van der Waals surface area (Å²) in [6.07, 6.45) is 0. The molecule has 0 saturated heterocycles. The molecule has 0 aliphatic rings. The largest absolute Gasteiger partial charge is 0.382 e. The van der Waals surface area contributed by atoms with Crippen LogP contribution in [-0.2, 0) is 14.2 Å². The highest BCUT2D eigenvalue weighted by atomic mass is 35.5. The third-order valence-electron chi connectivity index (χ3n) is 2.85. The van der Waals surface area contributed by atoms with Crippen LogP contribution >= 0.6 is 11.6 Å². The molecule has 0 spiro atoms. The van der Waals surface area contributed by atoms with Crippen LogP contribution < -0.4 is 5.32 Å². The summed E-state index contributed by atoms with van der Waals surface area (Å²) in [5, 5.41) is 4.16. The van der Waals surface area contributed by atoms with Crippen molar-refractivity contribution < 1.29 is 14.2 Å². The van der Waals surface area contributed by atoms with E-state index in [-0.39, 0.29) is 6.04 Å². The first-order valence-corrected chi connectivity index (χ1v) is 7.25. The fourth-order valence-electron chi connectivity index (χ4n) is 1.71. The summed E-state index contributed by atoms with van der Waals surface area (Å²) in [5.41, 5.74) is 1.18. The fourth-order valence-corrected chi connectivity index (χ4v) is 1.90. The van der Waals surface area contributed by atoms with Gasteiger partial charge in [0.2, 0.25) is 0 Å². The van der Waals surface area contributed by atoms with E-state index in [1.54, 1.807) is 7.11 Å². The summed E-state index contributed by atoms with van der Waals surface area (Å²) < 4.78 is 15.6. The van der Waals surface area contributed by atoms with E-state index in [9.17, 15) is 0 Å². The lowest BCUT2D eigenvalue weighted by Gasteiger charge is -2.14. The number of ether oxygens (including phenoxy) is 3. The topological polar surface area (TPSA) is 39.7 Å². The van der Waals surface area contributed by atoms with Gasteiger partial charge < -0.3 is 19.5 Å². The van der Waals surface area contributed by atoms with Crippen LogP contribution in [0.3, 0.4) is 0 Å². The molecule has 1 atom stereocenters. The number of methoxy groups -OCH3 is 1. The number of rotatable bonds is 11. The molecular weight excluding hydrogens is 278 g/mol. The number of hydrogen-bond acceptors (Lipinski definition) is 4. The lowest BCUT2D eigenvalue weighted by Crippen LogP contribution is -2.24. The van der Waals surface area contributed by atoms with Gasteiger partial charge >= 0.3 is 0 Å². The van der Waals surface area contributed by atoms with Crippen LogP contribution in [-0.4, -0.2) is 46.7 Å². The highest BCUT2D eigenvalue weighted by molar-refractivity contribution is 6.30. The van der Waals surface area contributed by atoms with Crippen LogP contribution in [0.15, 0.2) is 24.3 Å². The van der Waals surface area contributed by atoms with Crippen LogP contribution in [0.4, 0.5) is 0 Å². The SMILES string of the molecule is COCCOCCOCCN[C@H](C)c1cccc(Cl)c1. The van der Waals surface area contributed by atoms with Crippen molar-refractivity contribution in [1.82, 2.24) is 5.32 Å². The van der Waals surface area contributed by atoms with Crippen LogP contribution in [0.1, 0.15) is 18.5 Å². The van der Waals surface area contributed by atoms with Gasteiger partial charge in [-0.3, -0.25) is 0 Å². The van der Waals surface area contributed by atoms with E-state index >= 15 is 0 Å². The van der Waals surface area contributed by atoms with Crippen molar-refractivity contribution in [3.05, 3.63) is 34.9 Å². The van der Waals surface area contributed by atoms with Gasteiger partial charge in [-0.15, -0.1) is 0 Å². The first-order valence-electron chi connectivity index (χ1n) is 6.87. The molecule has 0 radical (unpaired) electrons. The first-order chi connectivity index (χ1) is 9.74. The predicted octanol–water partition coefficient (Wildman–Crippen LogP) is 2.67. The Hall–Kier alpha value is -0.650. The molecule has 114 valence electrons. The highest BCUT2D eigenvalue weighted by Crippen LogP contribution is 2.16. The average molecular weight is 302 g/mol. The normalized spacial score (nSPS) is 12.6. The number of hydrogen-bond donors (Lipinski definition) is 1. The lowest BCUT2D eigenvalue weighted by atomic mass is 10.1. The quantitative estimate of drug-likeness (QED) is 0.638. The summed E-state index contributed by atoms with van der Waals surface area (Å²) in [6, 6.07) is 8.14. The minimum atomic E-state index is 0.259. The van der Waals surface area contributed by atoms with Gasteiger partial charge in [0.15, 0.2) is 0 Å². The number of halogens is 1. The predicted molar refractivity (Wildman–Crippen MR) is 81.4 cm³/mol. The van der Waals surface area contributed by atoms with Crippen LogP contribution in [0.2, 0.25) is 5.02 Å². The summed E-state index contributed by atoms with van der Waals surface area (Å²) in [7, 11) is 1.66. The maximum atomic E-state index is 5.97. The molecule has 1 N–H and O–H groups in total. The number of benzene rings is 1. The Bertz CT molecular complexity index is 363. The van der Waals surface area contributed by atoms with Gasteiger partial charge in [0.05, 0.1) is 33.0 Å². The maximum absolute atomic E-state index is 5.97. The lowest BCUT2D eigenvalue weighted by molar-refractivity contribution is 0.0253. The minimum Gasteiger partial charge on any atom is -0.382 e. The first kappa shape index (κ1) is 17.4. The van der Waals surface area contributed by atoms with Crippen molar-refractivity contribution >= 4 is 11.6 Å². The Kier molecular flexibility index (Phi) is 9.62. The van der Waals surface area contributed by atoms with Gasteiger partial charge in [-0.25, -0.2) is 0 Å². The Labute approximate surface area is 126 Å². The van der Waals surface area contributed by atoms with E-state index in [4.69, 9.17) is 25.8 Å². The molecular formula is C15H24ClNO3. The van der Waals surface area contributed by atoms with Gasteiger partial charge in [-0.05, 0) is 24.6 Å². The molecule has 0 bridgehead atoms. The van der Waals surface area contributed by atoms with E-state index < -0.39 is 0 Å². The Morgan fingerprint density at radius 3 is 2.50 bits per heavy atom. The van der Waals surface area contributed by atoms with E-state index in [0.29, 0.717) is 33.0 Å². The second-order valence-corrected chi connectivity index (χ2v) is 4.88. The maximum Gasteiger partial charge on any atom is 0.0701 e.